The van der Waals surface area contributed by atoms with Crippen LogP contribution in [-0.2, 0) is 14.3 Å². The number of carboxylic acids is 1. The molecule has 0 radical (unpaired) electrons. The highest BCUT2D eigenvalue weighted by molar-refractivity contribution is 7.07. The molecule has 0 fully saturated rings. The number of benzene rings is 2. The molecule has 180 valence electrons. The second kappa shape index (κ2) is 10.3. The Labute approximate surface area is 209 Å². The van der Waals surface area contributed by atoms with E-state index in [1.54, 1.807) is 68.5 Å². The molecule has 1 aliphatic rings. The fourth-order valence-electron chi connectivity index (χ4n) is 3.71. The normalized spacial score (nSPS) is 15.4. The molecule has 1 aliphatic heterocycles. The molecule has 0 bridgehead atoms. The minimum atomic E-state index is -1.32. The lowest BCUT2D eigenvalue weighted by atomic mass is 9.96. The van der Waals surface area contributed by atoms with E-state index < -0.39 is 24.6 Å². The lowest BCUT2D eigenvalue weighted by Gasteiger charge is -2.24. The van der Waals surface area contributed by atoms with E-state index >= 15 is 0 Å². The second-order valence-corrected chi connectivity index (χ2v) is 9.03. The third kappa shape index (κ3) is 5.21. The van der Waals surface area contributed by atoms with Crippen LogP contribution in [0.5, 0.6) is 5.75 Å². The van der Waals surface area contributed by atoms with E-state index in [0.29, 0.717) is 42.5 Å². The molecule has 0 spiro atoms. The van der Waals surface area contributed by atoms with Gasteiger partial charge in [0.25, 0.3) is 5.56 Å². The van der Waals surface area contributed by atoms with Gasteiger partial charge in [-0.3, -0.25) is 9.36 Å². The average molecular weight is 512 g/mol. The second-order valence-electron chi connectivity index (χ2n) is 7.58. The molecule has 2 heterocycles. The zero-order valence-corrected chi connectivity index (χ0v) is 20.4. The summed E-state index contributed by atoms with van der Waals surface area (Å²) in [5.41, 5.74) is 1.88. The lowest BCUT2D eigenvalue weighted by molar-refractivity contribution is -0.307. The number of thiazole rings is 1. The van der Waals surface area contributed by atoms with Gasteiger partial charge in [0.2, 0.25) is 0 Å². The van der Waals surface area contributed by atoms with Crippen LogP contribution in [0, 0.1) is 0 Å². The van der Waals surface area contributed by atoms with Crippen LogP contribution < -0.4 is 24.7 Å². The van der Waals surface area contributed by atoms with Gasteiger partial charge in [-0.15, -0.1) is 0 Å². The topological polar surface area (TPSA) is 110 Å². The smallest absolute Gasteiger partial charge is 0.338 e. The molecule has 8 nitrogen and oxygen atoms in total. The number of carboxylic acid groups (broad SMARTS) is 1. The number of ether oxygens (including phenoxy) is 2. The summed E-state index contributed by atoms with van der Waals surface area (Å²) in [6.07, 6.45) is 1.70. The van der Waals surface area contributed by atoms with Gasteiger partial charge in [0.05, 0.1) is 34.4 Å². The third-order valence-corrected chi connectivity index (χ3v) is 6.47. The highest BCUT2D eigenvalue weighted by Gasteiger charge is 2.33. The van der Waals surface area contributed by atoms with Crippen LogP contribution in [-0.4, -0.2) is 29.7 Å². The Kier molecular flexibility index (Phi) is 7.18. The molecule has 1 atom stereocenters. The van der Waals surface area contributed by atoms with Crippen molar-refractivity contribution in [3.8, 4) is 5.75 Å². The Morgan fingerprint density at radius 1 is 1.17 bits per heavy atom. The first-order valence-corrected chi connectivity index (χ1v) is 11.9. The van der Waals surface area contributed by atoms with Crippen molar-refractivity contribution in [3.63, 3.8) is 0 Å². The molecular weight excluding hydrogens is 492 g/mol. The molecule has 0 aliphatic carbocycles. The standard InChI is InChI=1S/C25H21ClN2O6S/c1-3-33-24(32)21-14(2)27-25-28(22(21)16-6-8-17(26)9-7-16)23(31)19(35-25)12-15-4-10-18(11-5-15)34-13-20(29)30/h4-12,22H,3,13H2,1-2H3,(H,29,30)/p-1/b19-12-/t22-/m1/s1. The predicted molar refractivity (Wildman–Crippen MR) is 129 cm³/mol. The van der Waals surface area contributed by atoms with Crippen molar-refractivity contribution in [2.75, 3.05) is 13.2 Å². The molecule has 0 saturated heterocycles. The first-order valence-electron chi connectivity index (χ1n) is 10.7. The molecule has 2 aromatic carbocycles. The van der Waals surface area contributed by atoms with E-state index in [2.05, 4.69) is 4.99 Å². The van der Waals surface area contributed by atoms with Crippen LogP contribution in [0.15, 0.2) is 69.6 Å². The van der Waals surface area contributed by atoms with Crippen LogP contribution in [0.25, 0.3) is 6.08 Å². The summed E-state index contributed by atoms with van der Waals surface area (Å²) in [5, 5.41) is 11.1. The number of hydrogen-bond acceptors (Lipinski definition) is 8. The van der Waals surface area contributed by atoms with E-state index in [4.69, 9.17) is 21.1 Å². The van der Waals surface area contributed by atoms with Crippen molar-refractivity contribution in [1.29, 1.82) is 0 Å². The van der Waals surface area contributed by atoms with Crippen LogP contribution in [0.2, 0.25) is 5.02 Å². The Hall–Kier alpha value is -3.69. The van der Waals surface area contributed by atoms with E-state index in [1.165, 1.54) is 15.9 Å². The highest BCUT2D eigenvalue weighted by Crippen LogP contribution is 2.31. The van der Waals surface area contributed by atoms with Crippen LogP contribution in [0.4, 0.5) is 0 Å². The molecule has 1 aromatic heterocycles. The number of rotatable bonds is 7. The van der Waals surface area contributed by atoms with Gasteiger partial charge in [-0.1, -0.05) is 47.2 Å². The van der Waals surface area contributed by atoms with Gasteiger partial charge < -0.3 is 19.4 Å². The van der Waals surface area contributed by atoms with Crippen molar-refractivity contribution < 1.29 is 24.2 Å². The SMILES string of the molecule is CCOC(=O)C1=C(C)N=c2s/c(=C\c3ccc(OCC(=O)[O-])cc3)c(=O)n2[C@@H]1c1ccc(Cl)cc1. The van der Waals surface area contributed by atoms with Crippen molar-refractivity contribution in [1.82, 2.24) is 4.57 Å². The molecule has 0 saturated carbocycles. The molecule has 0 unspecified atom stereocenters. The largest absolute Gasteiger partial charge is 0.546 e. The van der Waals surface area contributed by atoms with Crippen LogP contribution >= 0.6 is 22.9 Å². The average Bonchev–Trinajstić information content (AvgIpc) is 3.12. The Balaban J connectivity index is 1.81. The Morgan fingerprint density at radius 2 is 1.86 bits per heavy atom. The summed E-state index contributed by atoms with van der Waals surface area (Å²) in [6.45, 7) is 3.08. The van der Waals surface area contributed by atoms with Crippen molar-refractivity contribution in [3.05, 3.63) is 95.6 Å². The maximum Gasteiger partial charge on any atom is 0.338 e. The number of carbonyl (C=O) groups excluding carboxylic acids is 2. The van der Waals surface area contributed by atoms with Gasteiger partial charge in [-0.05, 0) is 55.3 Å². The third-order valence-electron chi connectivity index (χ3n) is 5.24. The summed E-state index contributed by atoms with van der Waals surface area (Å²) in [4.78, 5) is 41.9. The number of carbonyl (C=O) groups is 2. The summed E-state index contributed by atoms with van der Waals surface area (Å²) in [5.74, 6) is -1.48. The van der Waals surface area contributed by atoms with Gasteiger partial charge in [-0.25, -0.2) is 9.79 Å². The molecule has 4 rings (SSSR count). The van der Waals surface area contributed by atoms with Crippen molar-refractivity contribution in [2.24, 2.45) is 4.99 Å². The van der Waals surface area contributed by atoms with Crippen LogP contribution in [0.3, 0.4) is 0 Å². The molecular formula is C25H20ClN2O6S-. The molecule has 3 aromatic rings. The zero-order valence-electron chi connectivity index (χ0n) is 18.8. The number of aliphatic carboxylic acids is 1. The zero-order chi connectivity index (χ0) is 25.1. The number of nitrogens with zero attached hydrogens (tertiary/aromatic N) is 2. The molecule has 0 N–H and O–H groups in total. The van der Waals surface area contributed by atoms with Crippen LogP contribution in [0.1, 0.15) is 31.0 Å². The van der Waals surface area contributed by atoms with Gasteiger partial charge in [0, 0.05) is 5.02 Å². The highest BCUT2D eigenvalue weighted by atomic mass is 35.5. The lowest BCUT2D eigenvalue weighted by Crippen LogP contribution is -2.39. The summed E-state index contributed by atoms with van der Waals surface area (Å²) >= 11 is 7.27. The van der Waals surface area contributed by atoms with E-state index in [-0.39, 0.29) is 12.2 Å². The first-order chi connectivity index (χ1) is 16.8. The van der Waals surface area contributed by atoms with E-state index in [0.717, 1.165) is 0 Å². The Morgan fingerprint density at radius 3 is 2.49 bits per heavy atom. The Bertz CT molecular complexity index is 1490. The van der Waals surface area contributed by atoms with Crippen molar-refractivity contribution in [2.45, 2.75) is 19.9 Å². The number of esters is 1. The summed E-state index contributed by atoms with van der Waals surface area (Å²) in [7, 11) is 0. The minimum Gasteiger partial charge on any atom is -0.546 e. The molecule has 10 heteroatoms. The molecule has 0 amide bonds. The fraction of sp³-hybridized carbons (Fsp3) is 0.200. The van der Waals surface area contributed by atoms with Gasteiger partial charge >= 0.3 is 5.97 Å². The number of aromatic nitrogens is 1. The number of fused-ring (bicyclic) bond motifs is 1. The van der Waals surface area contributed by atoms with Gasteiger partial charge in [0.1, 0.15) is 12.4 Å². The summed E-state index contributed by atoms with van der Waals surface area (Å²) in [6, 6.07) is 12.8. The predicted octanol–water partition coefficient (Wildman–Crippen LogP) is 1.58. The molecule has 35 heavy (non-hydrogen) atoms. The van der Waals surface area contributed by atoms with E-state index in [1.807, 2.05) is 0 Å². The van der Waals surface area contributed by atoms with Crippen molar-refractivity contribution >= 4 is 41.0 Å². The summed E-state index contributed by atoms with van der Waals surface area (Å²) < 4.78 is 12.3. The number of halogens is 1. The number of allylic oxidation sites excluding steroid dienone is 1. The quantitative estimate of drug-likeness (QED) is 0.445. The first kappa shape index (κ1) is 24.4. The maximum absolute atomic E-state index is 13.5. The minimum absolute atomic E-state index is 0.191. The van der Waals surface area contributed by atoms with E-state index in [9.17, 15) is 19.5 Å². The monoisotopic (exact) mass is 511 g/mol. The maximum atomic E-state index is 13.5. The van der Waals surface area contributed by atoms with Gasteiger partial charge in [0.15, 0.2) is 4.80 Å². The number of hydrogen-bond donors (Lipinski definition) is 0. The fourth-order valence-corrected chi connectivity index (χ4v) is 4.88. The van der Waals surface area contributed by atoms with Gasteiger partial charge in [-0.2, -0.15) is 0 Å².